The summed E-state index contributed by atoms with van der Waals surface area (Å²) in [6.07, 6.45) is 1.84. The van der Waals surface area contributed by atoms with Crippen LogP contribution < -0.4 is 11.1 Å². The highest BCUT2D eigenvalue weighted by Crippen LogP contribution is 2.01. The third-order valence-electron chi connectivity index (χ3n) is 3.69. The van der Waals surface area contributed by atoms with E-state index in [1.807, 2.05) is 6.92 Å². The minimum atomic E-state index is -0.0198. The van der Waals surface area contributed by atoms with E-state index in [0.29, 0.717) is 6.54 Å². The third kappa shape index (κ3) is 5.33. The SMILES string of the molecule is CCC(CN)C(=O)NCCCN1CCN(C)CC1. The first kappa shape index (κ1) is 15.4. The molecule has 18 heavy (non-hydrogen) atoms. The van der Waals surface area contributed by atoms with E-state index >= 15 is 0 Å². The number of carbonyl (C=O) groups excluding carboxylic acids is 1. The van der Waals surface area contributed by atoms with Gasteiger partial charge in [-0.15, -0.1) is 0 Å². The van der Waals surface area contributed by atoms with Gasteiger partial charge >= 0.3 is 0 Å². The molecule has 0 spiro atoms. The second-order valence-electron chi connectivity index (χ2n) is 5.13. The summed E-state index contributed by atoms with van der Waals surface area (Å²) in [4.78, 5) is 16.5. The summed E-state index contributed by atoms with van der Waals surface area (Å²) in [6, 6.07) is 0. The Morgan fingerprint density at radius 3 is 2.56 bits per heavy atom. The second kappa shape index (κ2) is 8.45. The molecule has 5 heteroatoms. The number of nitrogens with zero attached hydrogens (tertiary/aromatic N) is 2. The zero-order valence-corrected chi connectivity index (χ0v) is 11.8. The quantitative estimate of drug-likeness (QED) is 0.615. The fraction of sp³-hybridized carbons (Fsp3) is 0.923. The Bertz CT molecular complexity index is 235. The lowest BCUT2D eigenvalue weighted by molar-refractivity contribution is -0.124. The Labute approximate surface area is 111 Å². The van der Waals surface area contributed by atoms with Gasteiger partial charge in [0.25, 0.3) is 0 Å². The third-order valence-corrected chi connectivity index (χ3v) is 3.69. The number of nitrogens with two attached hydrogens (primary N) is 1. The van der Waals surface area contributed by atoms with E-state index in [4.69, 9.17) is 5.73 Å². The summed E-state index contributed by atoms with van der Waals surface area (Å²) in [5, 5.41) is 2.98. The Kier molecular flexibility index (Phi) is 7.23. The molecule has 1 amide bonds. The van der Waals surface area contributed by atoms with Gasteiger partial charge in [0.1, 0.15) is 0 Å². The monoisotopic (exact) mass is 256 g/mol. The topological polar surface area (TPSA) is 61.6 Å². The largest absolute Gasteiger partial charge is 0.356 e. The molecule has 0 aromatic heterocycles. The van der Waals surface area contributed by atoms with Gasteiger partial charge in [-0.25, -0.2) is 0 Å². The molecule has 0 radical (unpaired) electrons. The summed E-state index contributed by atoms with van der Waals surface area (Å²) in [7, 11) is 2.16. The van der Waals surface area contributed by atoms with Crippen LogP contribution >= 0.6 is 0 Å². The van der Waals surface area contributed by atoms with Crippen molar-refractivity contribution in [1.82, 2.24) is 15.1 Å². The highest BCUT2D eigenvalue weighted by Gasteiger charge is 2.15. The van der Waals surface area contributed by atoms with Crippen molar-refractivity contribution < 1.29 is 4.79 Å². The molecule has 1 rings (SSSR count). The maximum Gasteiger partial charge on any atom is 0.224 e. The van der Waals surface area contributed by atoms with Crippen LogP contribution in [0.25, 0.3) is 0 Å². The van der Waals surface area contributed by atoms with Gasteiger partial charge in [0.15, 0.2) is 0 Å². The van der Waals surface area contributed by atoms with Crippen LogP contribution in [0, 0.1) is 5.92 Å². The molecule has 1 heterocycles. The van der Waals surface area contributed by atoms with Crippen LogP contribution in [-0.2, 0) is 4.79 Å². The zero-order chi connectivity index (χ0) is 13.4. The summed E-state index contributed by atoms with van der Waals surface area (Å²) in [5.74, 6) is 0.0898. The number of nitrogens with one attached hydrogen (secondary N) is 1. The fourth-order valence-electron chi connectivity index (χ4n) is 2.19. The molecule has 0 saturated carbocycles. The first-order valence-corrected chi connectivity index (χ1v) is 7.06. The lowest BCUT2D eigenvalue weighted by Gasteiger charge is -2.32. The van der Waals surface area contributed by atoms with Crippen LogP contribution in [0.5, 0.6) is 0 Å². The molecule has 106 valence electrons. The molecular formula is C13H28N4O. The molecule has 5 nitrogen and oxygen atoms in total. The van der Waals surface area contributed by atoms with E-state index < -0.39 is 0 Å². The van der Waals surface area contributed by atoms with Crippen LogP contribution in [0.2, 0.25) is 0 Å². The molecule has 0 aromatic carbocycles. The van der Waals surface area contributed by atoms with E-state index in [9.17, 15) is 4.79 Å². The minimum absolute atomic E-state index is 0.0198. The predicted octanol–water partition coefficient (Wildman–Crippen LogP) is -0.275. The van der Waals surface area contributed by atoms with Crippen molar-refractivity contribution in [3.63, 3.8) is 0 Å². The van der Waals surface area contributed by atoms with Crippen molar-refractivity contribution in [2.45, 2.75) is 19.8 Å². The van der Waals surface area contributed by atoms with Gasteiger partial charge in [-0.3, -0.25) is 4.79 Å². The molecular weight excluding hydrogens is 228 g/mol. The van der Waals surface area contributed by atoms with Gasteiger partial charge in [-0.05, 0) is 26.4 Å². The molecule has 1 fully saturated rings. The smallest absolute Gasteiger partial charge is 0.224 e. The number of piperazine rings is 1. The summed E-state index contributed by atoms with van der Waals surface area (Å²) >= 11 is 0. The molecule has 1 aliphatic heterocycles. The first-order chi connectivity index (χ1) is 8.67. The van der Waals surface area contributed by atoms with Gasteiger partial charge in [0.05, 0.1) is 0 Å². The Balaban J connectivity index is 2.06. The number of amides is 1. The maximum atomic E-state index is 11.7. The van der Waals surface area contributed by atoms with E-state index in [1.54, 1.807) is 0 Å². The van der Waals surface area contributed by atoms with Crippen LogP contribution in [0.4, 0.5) is 0 Å². The average molecular weight is 256 g/mol. The van der Waals surface area contributed by atoms with Gasteiger partial charge < -0.3 is 20.9 Å². The van der Waals surface area contributed by atoms with Crippen molar-refractivity contribution in [3.8, 4) is 0 Å². The van der Waals surface area contributed by atoms with Gasteiger partial charge in [0, 0.05) is 45.2 Å². The molecule has 0 bridgehead atoms. The summed E-state index contributed by atoms with van der Waals surface area (Å²) in [6.45, 7) is 8.88. The van der Waals surface area contributed by atoms with Gasteiger partial charge in [0.2, 0.25) is 5.91 Å². The van der Waals surface area contributed by atoms with E-state index in [2.05, 4.69) is 22.2 Å². The average Bonchev–Trinajstić information content (AvgIpc) is 2.38. The van der Waals surface area contributed by atoms with Gasteiger partial charge in [-0.2, -0.15) is 0 Å². The lowest BCUT2D eigenvalue weighted by Crippen LogP contribution is -2.45. The number of likely N-dealkylation sites (N-methyl/N-ethyl adjacent to an activating group) is 1. The summed E-state index contributed by atoms with van der Waals surface area (Å²) in [5.41, 5.74) is 5.54. The van der Waals surface area contributed by atoms with Gasteiger partial charge in [-0.1, -0.05) is 6.92 Å². The number of carbonyl (C=O) groups is 1. The molecule has 1 unspecified atom stereocenters. The minimum Gasteiger partial charge on any atom is -0.356 e. The second-order valence-corrected chi connectivity index (χ2v) is 5.13. The van der Waals surface area contributed by atoms with E-state index in [1.165, 1.54) is 0 Å². The standard InChI is InChI=1S/C13H28N4O/c1-3-12(11-14)13(18)15-5-4-6-17-9-7-16(2)8-10-17/h12H,3-11,14H2,1-2H3,(H,15,18). The molecule has 3 N–H and O–H groups in total. The number of hydrogen-bond acceptors (Lipinski definition) is 4. The van der Waals surface area contributed by atoms with Crippen molar-refractivity contribution in [3.05, 3.63) is 0 Å². The van der Waals surface area contributed by atoms with Crippen LogP contribution in [0.1, 0.15) is 19.8 Å². The highest BCUT2D eigenvalue weighted by molar-refractivity contribution is 5.78. The maximum absolute atomic E-state index is 11.7. The summed E-state index contributed by atoms with van der Waals surface area (Å²) < 4.78 is 0. The molecule has 0 aliphatic carbocycles. The van der Waals surface area contributed by atoms with Crippen molar-refractivity contribution in [2.75, 3.05) is 52.9 Å². The first-order valence-electron chi connectivity index (χ1n) is 7.06. The number of rotatable bonds is 7. The van der Waals surface area contributed by atoms with Crippen LogP contribution in [-0.4, -0.2) is 68.6 Å². The normalized spacial score (nSPS) is 19.7. The molecule has 1 aliphatic rings. The van der Waals surface area contributed by atoms with Crippen molar-refractivity contribution in [1.29, 1.82) is 0 Å². The van der Waals surface area contributed by atoms with Crippen molar-refractivity contribution in [2.24, 2.45) is 11.7 Å². The van der Waals surface area contributed by atoms with Crippen molar-refractivity contribution >= 4 is 5.91 Å². The van der Waals surface area contributed by atoms with Crippen LogP contribution in [0.15, 0.2) is 0 Å². The Morgan fingerprint density at radius 1 is 1.33 bits per heavy atom. The predicted molar refractivity (Wildman–Crippen MR) is 74.4 cm³/mol. The lowest BCUT2D eigenvalue weighted by atomic mass is 10.1. The molecule has 0 aromatic rings. The zero-order valence-electron chi connectivity index (χ0n) is 11.8. The van der Waals surface area contributed by atoms with Crippen LogP contribution in [0.3, 0.4) is 0 Å². The number of hydrogen-bond donors (Lipinski definition) is 2. The molecule has 1 atom stereocenters. The highest BCUT2D eigenvalue weighted by atomic mass is 16.1. The fourth-order valence-corrected chi connectivity index (χ4v) is 2.19. The van der Waals surface area contributed by atoms with E-state index in [0.717, 1.165) is 52.1 Å². The molecule has 1 saturated heterocycles. The Morgan fingerprint density at radius 2 is 2.00 bits per heavy atom. The Hall–Kier alpha value is -0.650. The van der Waals surface area contributed by atoms with E-state index in [-0.39, 0.29) is 11.8 Å².